The lowest BCUT2D eigenvalue weighted by Crippen LogP contribution is -2.55. The maximum atomic E-state index is 12.8. The summed E-state index contributed by atoms with van der Waals surface area (Å²) in [7, 11) is 0. The number of ether oxygens (including phenoxy) is 2. The van der Waals surface area contributed by atoms with Gasteiger partial charge in [-0.25, -0.2) is 9.59 Å². The molecule has 1 fully saturated rings. The molecule has 26 heavy (non-hydrogen) atoms. The lowest BCUT2D eigenvalue weighted by Gasteiger charge is -2.31. The van der Waals surface area contributed by atoms with E-state index >= 15 is 0 Å². The Morgan fingerprint density at radius 3 is 1.88 bits per heavy atom. The fraction of sp³-hybridized carbons (Fsp3) is 0.833. The van der Waals surface area contributed by atoms with Crippen molar-refractivity contribution >= 4 is 18.1 Å². The Morgan fingerprint density at radius 2 is 1.38 bits per heavy atom. The number of nitrogens with one attached hydrogen (secondary N) is 2. The van der Waals surface area contributed by atoms with Crippen LogP contribution in [0, 0.1) is 0 Å². The summed E-state index contributed by atoms with van der Waals surface area (Å²) in [5.74, 6) is -0.230. The second-order valence-electron chi connectivity index (χ2n) is 8.47. The van der Waals surface area contributed by atoms with Crippen molar-refractivity contribution in [2.24, 2.45) is 0 Å². The molecule has 0 aromatic rings. The first kappa shape index (κ1) is 22.1. The van der Waals surface area contributed by atoms with Crippen LogP contribution in [-0.2, 0) is 14.3 Å². The van der Waals surface area contributed by atoms with Crippen LogP contribution in [0.4, 0.5) is 9.59 Å². The molecule has 0 saturated carbocycles. The van der Waals surface area contributed by atoms with Gasteiger partial charge in [-0.1, -0.05) is 0 Å². The molecule has 150 valence electrons. The minimum absolute atomic E-state index is 0.0660. The van der Waals surface area contributed by atoms with Gasteiger partial charge in [-0.05, 0) is 60.8 Å². The summed E-state index contributed by atoms with van der Waals surface area (Å²) in [6.07, 6.45) is 1.62. The van der Waals surface area contributed by atoms with E-state index in [1.54, 1.807) is 46.4 Å². The molecule has 0 radical (unpaired) electrons. The zero-order valence-corrected chi connectivity index (χ0v) is 16.8. The van der Waals surface area contributed by atoms with Gasteiger partial charge in [0.15, 0.2) is 0 Å². The van der Waals surface area contributed by atoms with E-state index in [0.29, 0.717) is 13.1 Å². The number of piperidine rings is 1. The van der Waals surface area contributed by atoms with E-state index in [9.17, 15) is 14.4 Å². The first-order chi connectivity index (χ1) is 11.9. The lowest BCUT2D eigenvalue weighted by atomic mass is 10.1. The van der Waals surface area contributed by atoms with Crippen LogP contribution in [0.2, 0.25) is 0 Å². The van der Waals surface area contributed by atoms with E-state index in [0.717, 1.165) is 19.3 Å². The summed E-state index contributed by atoms with van der Waals surface area (Å²) in [4.78, 5) is 38.4. The Labute approximate surface area is 156 Å². The van der Waals surface area contributed by atoms with Crippen LogP contribution in [-0.4, -0.2) is 59.9 Å². The number of carbonyl (C=O) groups is 3. The zero-order valence-electron chi connectivity index (χ0n) is 16.8. The fourth-order valence-corrected chi connectivity index (χ4v) is 2.48. The highest BCUT2D eigenvalue weighted by atomic mass is 16.6. The zero-order chi connectivity index (χ0) is 20.0. The molecule has 1 aliphatic heterocycles. The van der Waals surface area contributed by atoms with Crippen molar-refractivity contribution in [2.75, 3.05) is 19.6 Å². The smallest absolute Gasteiger partial charge is 0.408 e. The average molecular weight is 371 g/mol. The molecule has 1 heterocycles. The predicted molar refractivity (Wildman–Crippen MR) is 97.8 cm³/mol. The van der Waals surface area contributed by atoms with Crippen molar-refractivity contribution in [2.45, 2.75) is 78.0 Å². The van der Waals surface area contributed by atoms with E-state index in [4.69, 9.17) is 9.47 Å². The van der Waals surface area contributed by atoms with E-state index in [1.807, 2.05) is 0 Å². The Kier molecular flexibility index (Phi) is 7.71. The fourth-order valence-electron chi connectivity index (χ4n) is 2.48. The molecule has 0 bridgehead atoms. The highest BCUT2D eigenvalue weighted by Gasteiger charge is 2.29. The molecular weight excluding hydrogens is 338 g/mol. The highest BCUT2D eigenvalue weighted by molar-refractivity contribution is 5.86. The molecule has 3 amide bonds. The number of nitrogens with zero attached hydrogens (tertiary/aromatic N) is 1. The molecular formula is C18H33N3O5. The maximum absolute atomic E-state index is 12.8. The van der Waals surface area contributed by atoms with Gasteiger partial charge in [-0.3, -0.25) is 4.79 Å². The number of hydrogen-bond acceptors (Lipinski definition) is 5. The molecule has 1 rings (SSSR count). The molecule has 8 nitrogen and oxygen atoms in total. The van der Waals surface area contributed by atoms with Crippen LogP contribution in [0.1, 0.15) is 60.8 Å². The van der Waals surface area contributed by atoms with Gasteiger partial charge in [0.1, 0.15) is 17.2 Å². The summed E-state index contributed by atoms with van der Waals surface area (Å²) in [6, 6.07) is -0.907. The van der Waals surface area contributed by atoms with Crippen LogP contribution in [0.25, 0.3) is 0 Å². The molecule has 0 spiro atoms. The Balaban J connectivity index is 2.72. The molecule has 2 N–H and O–H groups in total. The van der Waals surface area contributed by atoms with Gasteiger partial charge in [0.25, 0.3) is 0 Å². The van der Waals surface area contributed by atoms with E-state index in [1.165, 1.54) is 0 Å². The van der Waals surface area contributed by atoms with Gasteiger partial charge in [-0.2, -0.15) is 0 Å². The predicted octanol–water partition coefficient (Wildman–Crippen LogP) is 2.42. The number of carbonyl (C=O) groups excluding carboxylic acids is 3. The van der Waals surface area contributed by atoms with Crippen molar-refractivity contribution in [3.8, 4) is 0 Å². The van der Waals surface area contributed by atoms with Crippen molar-refractivity contribution in [1.29, 1.82) is 0 Å². The van der Waals surface area contributed by atoms with Crippen molar-refractivity contribution in [1.82, 2.24) is 15.5 Å². The van der Waals surface area contributed by atoms with Crippen molar-refractivity contribution in [3.05, 3.63) is 0 Å². The Morgan fingerprint density at radius 1 is 0.885 bits per heavy atom. The van der Waals surface area contributed by atoms with Gasteiger partial charge >= 0.3 is 12.2 Å². The first-order valence-electron chi connectivity index (χ1n) is 9.12. The molecule has 0 aromatic carbocycles. The molecule has 8 heteroatoms. The standard InChI is InChI=1S/C18H33N3O5/c1-17(2,3)25-15(23)19-12-13(20-16(24)26-18(4,5)6)14(22)21-10-8-7-9-11-21/h13H,7-12H2,1-6H3,(H,19,23)(H,20,24)/t13-/m1/s1. The third kappa shape index (κ3) is 8.92. The molecule has 0 aliphatic carbocycles. The molecule has 0 aromatic heterocycles. The Bertz CT molecular complexity index is 502. The SMILES string of the molecule is CC(C)(C)OC(=O)NC[C@@H](NC(=O)OC(C)(C)C)C(=O)N1CCCCC1. The average Bonchev–Trinajstić information content (AvgIpc) is 2.48. The van der Waals surface area contributed by atoms with Crippen LogP contribution in [0.15, 0.2) is 0 Å². The van der Waals surface area contributed by atoms with Crippen molar-refractivity contribution in [3.63, 3.8) is 0 Å². The van der Waals surface area contributed by atoms with E-state index in [-0.39, 0.29) is 12.5 Å². The second-order valence-corrected chi connectivity index (χ2v) is 8.47. The third-order valence-corrected chi connectivity index (χ3v) is 3.51. The molecule has 1 atom stereocenters. The quantitative estimate of drug-likeness (QED) is 0.791. The third-order valence-electron chi connectivity index (χ3n) is 3.51. The summed E-state index contributed by atoms with van der Waals surface area (Å²) in [6.45, 7) is 11.7. The maximum Gasteiger partial charge on any atom is 0.408 e. The van der Waals surface area contributed by atoms with Gasteiger partial charge in [-0.15, -0.1) is 0 Å². The van der Waals surface area contributed by atoms with Gasteiger partial charge < -0.3 is 25.0 Å². The summed E-state index contributed by atoms with van der Waals surface area (Å²) in [5.41, 5.74) is -1.32. The van der Waals surface area contributed by atoms with Crippen LogP contribution < -0.4 is 10.6 Å². The topological polar surface area (TPSA) is 97.0 Å². The van der Waals surface area contributed by atoms with Gasteiger partial charge in [0, 0.05) is 13.1 Å². The minimum Gasteiger partial charge on any atom is -0.444 e. The lowest BCUT2D eigenvalue weighted by molar-refractivity contribution is -0.134. The summed E-state index contributed by atoms with van der Waals surface area (Å²) in [5, 5.41) is 5.11. The second kappa shape index (κ2) is 9.09. The number of alkyl carbamates (subject to hydrolysis) is 2. The van der Waals surface area contributed by atoms with Crippen LogP contribution >= 0.6 is 0 Å². The van der Waals surface area contributed by atoms with E-state index in [2.05, 4.69) is 10.6 Å². The summed E-state index contributed by atoms with van der Waals surface area (Å²) >= 11 is 0. The monoisotopic (exact) mass is 371 g/mol. The van der Waals surface area contributed by atoms with E-state index < -0.39 is 29.4 Å². The van der Waals surface area contributed by atoms with Gasteiger partial charge in [0.05, 0.1) is 6.54 Å². The molecule has 0 unspecified atom stereocenters. The molecule has 1 saturated heterocycles. The van der Waals surface area contributed by atoms with Crippen molar-refractivity contribution < 1.29 is 23.9 Å². The number of amides is 3. The number of hydrogen-bond donors (Lipinski definition) is 2. The first-order valence-corrected chi connectivity index (χ1v) is 9.12. The van der Waals surface area contributed by atoms with Gasteiger partial charge in [0.2, 0.25) is 5.91 Å². The number of rotatable bonds is 4. The summed E-state index contributed by atoms with van der Waals surface area (Å²) < 4.78 is 10.4. The minimum atomic E-state index is -0.907. The largest absolute Gasteiger partial charge is 0.444 e. The normalized spacial score (nSPS) is 16.5. The Hall–Kier alpha value is -1.99. The molecule has 1 aliphatic rings. The number of likely N-dealkylation sites (tertiary alicyclic amines) is 1. The van der Waals surface area contributed by atoms with Crippen LogP contribution in [0.3, 0.4) is 0 Å². The van der Waals surface area contributed by atoms with Crippen LogP contribution in [0.5, 0.6) is 0 Å². The highest BCUT2D eigenvalue weighted by Crippen LogP contribution is 2.12.